The van der Waals surface area contributed by atoms with Gasteiger partial charge in [-0.3, -0.25) is 0 Å². The molecule has 3 rings (SSSR count). The van der Waals surface area contributed by atoms with Crippen LogP contribution in [0.5, 0.6) is 0 Å². The molecule has 0 unspecified atom stereocenters. The summed E-state index contributed by atoms with van der Waals surface area (Å²) in [6.45, 7) is 0.623. The van der Waals surface area contributed by atoms with Crippen LogP contribution in [0.25, 0.3) is 11.3 Å². The van der Waals surface area contributed by atoms with Gasteiger partial charge in [0.15, 0.2) is 4.34 Å². The monoisotopic (exact) mass is 319 g/mol. The molecular weight excluding hydrogens is 306 g/mol. The molecule has 3 aromatic rings. The number of oxazole rings is 1. The third kappa shape index (κ3) is 3.69. The Labute approximate surface area is 130 Å². The molecule has 0 saturated carbocycles. The standard InChI is InChI=1S/C14H13N3O2S2/c1-18-8-7-12-16-14(21-17-12)20-13-15-11(9-19-13)10-5-3-2-4-6-10/h2-6,9H,7-8H2,1H3. The Bertz CT molecular complexity index is 697. The third-order valence-electron chi connectivity index (χ3n) is 2.71. The van der Waals surface area contributed by atoms with E-state index in [1.165, 1.54) is 23.3 Å². The van der Waals surface area contributed by atoms with Gasteiger partial charge in [0, 0.05) is 30.9 Å². The van der Waals surface area contributed by atoms with Crippen LogP contribution in [0, 0.1) is 0 Å². The average molecular weight is 319 g/mol. The first-order valence-electron chi connectivity index (χ1n) is 6.35. The minimum Gasteiger partial charge on any atom is -0.439 e. The van der Waals surface area contributed by atoms with E-state index in [1.807, 2.05) is 30.3 Å². The van der Waals surface area contributed by atoms with E-state index in [-0.39, 0.29) is 0 Å². The Morgan fingerprint density at radius 2 is 2.10 bits per heavy atom. The summed E-state index contributed by atoms with van der Waals surface area (Å²) < 4.78 is 15.6. The average Bonchev–Trinajstić information content (AvgIpc) is 3.16. The van der Waals surface area contributed by atoms with Crippen LogP contribution in [0.15, 0.2) is 50.6 Å². The minimum absolute atomic E-state index is 0.572. The molecule has 108 valence electrons. The van der Waals surface area contributed by atoms with E-state index < -0.39 is 0 Å². The van der Waals surface area contributed by atoms with Crippen LogP contribution >= 0.6 is 23.3 Å². The zero-order valence-electron chi connectivity index (χ0n) is 11.4. The lowest BCUT2D eigenvalue weighted by Crippen LogP contribution is -1.95. The van der Waals surface area contributed by atoms with Crippen molar-refractivity contribution in [2.45, 2.75) is 16.0 Å². The lowest BCUT2D eigenvalue weighted by atomic mass is 10.2. The Morgan fingerprint density at radius 3 is 2.90 bits per heavy atom. The van der Waals surface area contributed by atoms with Gasteiger partial charge >= 0.3 is 0 Å². The number of hydrogen-bond donors (Lipinski definition) is 0. The molecule has 0 N–H and O–H groups in total. The molecule has 0 amide bonds. The maximum atomic E-state index is 5.48. The fourth-order valence-corrected chi connectivity index (χ4v) is 3.17. The van der Waals surface area contributed by atoms with Crippen molar-refractivity contribution in [3.63, 3.8) is 0 Å². The van der Waals surface area contributed by atoms with Gasteiger partial charge in [-0.1, -0.05) is 30.3 Å². The second-order valence-electron chi connectivity index (χ2n) is 4.19. The van der Waals surface area contributed by atoms with Gasteiger partial charge < -0.3 is 9.15 Å². The van der Waals surface area contributed by atoms with Gasteiger partial charge in [-0.25, -0.2) is 9.97 Å². The van der Waals surface area contributed by atoms with Crippen molar-refractivity contribution in [3.05, 3.63) is 42.4 Å². The molecular formula is C14H13N3O2S2. The molecule has 0 radical (unpaired) electrons. The molecule has 2 aromatic heterocycles. The summed E-state index contributed by atoms with van der Waals surface area (Å²) in [5.41, 5.74) is 1.85. The Morgan fingerprint density at radius 1 is 1.24 bits per heavy atom. The molecule has 21 heavy (non-hydrogen) atoms. The van der Waals surface area contributed by atoms with Crippen LogP contribution in [0.1, 0.15) is 5.82 Å². The van der Waals surface area contributed by atoms with Crippen molar-refractivity contribution >= 4 is 23.3 Å². The summed E-state index contributed by atoms with van der Waals surface area (Å²) in [6.07, 6.45) is 2.37. The Balaban J connectivity index is 1.68. The quantitative estimate of drug-likeness (QED) is 0.692. The van der Waals surface area contributed by atoms with Crippen molar-refractivity contribution in [2.24, 2.45) is 0 Å². The smallest absolute Gasteiger partial charge is 0.263 e. The number of nitrogens with zero attached hydrogens (tertiary/aromatic N) is 3. The third-order valence-corrected chi connectivity index (χ3v) is 4.36. The zero-order chi connectivity index (χ0) is 14.5. The Hall–Kier alpha value is -1.70. The van der Waals surface area contributed by atoms with Gasteiger partial charge in [0.05, 0.1) is 6.61 Å². The van der Waals surface area contributed by atoms with Crippen molar-refractivity contribution in [2.75, 3.05) is 13.7 Å². The molecule has 0 atom stereocenters. The molecule has 7 heteroatoms. The van der Waals surface area contributed by atoms with Crippen LogP contribution in [0.3, 0.4) is 0 Å². The van der Waals surface area contributed by atoms with E-state index in [9.17, 15) is 0 Å². The summed E-state index contributed by atoms with van der Waals surface area (Å²) in [7, 11) is 1.67. The largest absolute Gasteiger partial charge is 0.439 e. The minimum atomic E-state index is 0.572. The van der Waals surface area contributed by atoms with Crippen molar-refractivity contribution in [1.29, 1.82) is 0 Å². The summed E-state index contributed by atoms with van der Waals surface area (Å²) in [6, 6.07) is 9.93. The second kappa shape index (κ2) is 6.84. The lowest BCUT2D eigenvalue weighted by Gasteiger charge is -1.92. The first-order valence-corrected chi connectivity index (χ1v) is 7.94. The van der Waals surface area contributed by atoms with Gasteiger partial charge in [-0.15, -0.1) is 0 Å². The van der Waals surface area contributed by atoms with Crippen LogP contribution in [-0.4, -0.2) is 28.1 Å². The number of methoxy groups -OCH3 is 1. The fourth-order valence-electron chi connectivity index (χ4n) is 1.69. The molecule has 0 saturated heterocycles. The molecule has 0 fully saturated rings. The molecule has 0 aliphatic carbocycles. The zero-order valence-corrected chi connectivity index (χ0v) is 13.0. The maximum absolute atomic E-state index is 5.48. The van der Waals surface area contributed by atoms with Crippen molar-refractivity contribution < 1.29 is 9.15 Å². The van der Waals surface area contributed by atoms with Crippen molar-refractivity contribution in [3.8, 4) is 11.3 Å². The van der Waals surface area contributed by atoms with E-state index >= 15 is 0 Å². The first kappa shape index (κ1) is 14.2. The second-order valence-corrected chi connectivity index (χ2v) is 6.14. The van der Waals surface area contributed by atoms with Crippen LogP contribution in [0.4, 0.5) is 0 Å². The number of benzene rings is 1. The van der Waals surface area contributed by atoms with Crippen LogP contribution in [-0.2, 0) is 11.2 Å². The summed E-state index contributed by atoms with van der Waals surface area (Å²) in [5.74, 6) is 0.791. The van der Waals surface area contributed by atoms with Crippen LogP contribution in [0.2, 0.25) is 0 Å². The summed E-state index contributed by atoms with van der Waals surface area (Å²) >= 11 is 2.73. The number of rotatable bonds is 6. The van der Waals surface area contributed by atoms with Crippen molar-refractivity contribution in [1.82, 2.24) is 14.3 Å². The first-order chi connectivity index (χ1) is 10.3. The SMILES string of the molecule is COCCc1nsc(Sc2nc(-c3ccccc3)co2)n1. The molecule has 1 aromatic carbocycles. The predicted molar refractivity (Wildman–Crippen MR) is 81.6 cm³/mol. The normalized spacial score (nSPS) is 10.9. The van der Waals surface area contributed by atoms with Gasteiger partial charge in [0.25, 0.3) is 5.22 Å². The number of ether oxygens (including phenoxy) is 1. The molecule has 5 nitrogen and oxygen atoms in total. The van der Waals surface area contributed by atoms with Crippen LogP contribution < -0.4 is 0 Å². The lowest BCUT2D eigenvalue weighted by molar-refractivity contribution is 0.200. The predicted octanol–water partition coefficient (Wildman–Crippen LogP) is 3.53. The maximum Gasteiger partial charge on any atom is 0.263 e. The van der Waals surface area contributed by atoms with Gasteiger partial charge in [-0.2, -0.15) is 4.37 Å². The highest BCUT2D eigenvalue weighted by Gasteiger charge is 2.11. The highest BCUT2D eigenvalue weighted by molar-refractivity contribution is 8.00. The highest BCUT2D eigenvalue weighted by Crippen LogP contribution is 2.30. The molecule has 2 heterocycles. The molecule has 0 aliphatic rings. The van der Waals surface area contributed by atoms with E-state index in [1.54, 1.807) is 13.4 Å². The molecule has 0 bridgehead atoms. The van der Waals surface area contributed by atoms with E-state index in [0.717, 1.165) is 21.4 Å². The van der Waals surface area contributed by atoms with Gasteiger partial charge in [0.2, 0.25) is 0 Å². The molecule has 0 aliphatic heterocycles. The number of hydrogen-bond acceptors (Lipinski definition) is 7. The fraction of sp³-hybridized carbons (Fsp3) is 0.214. The topological polar surface area (TPSA) is 61.0 Å². The molecule has 0 spiro atoms. The Kier molecular flexibility index (Phi) is 4.64. The number of aromatic nitrogens is 3. The van der Waals surface area contributed by atoms with Gasteiger partial charge in [0.1, 0.15) is 17.8 Å². The van der Waals surface area contributed by atoms with E-state index in [0.29, 0.717) is 18.3 Å². The summed E-state index contributed by atoms with van der Waals surface area (Å²) in [4.78, 5) is 8.87. The van der Waals surface area contributed by atoms with Gasteiger partial charge in [-0.05, 0) is 11.5 Å². The van der Waals surface area contributed by atoms with E-state index in [2.05, 4.69) is 14.3 Å². The summed E-state index contributed by atoms with van der Waals surface area (Å²) in [5, 5.41) is 0.572. The highest BCUT2D eigenvalue weighted by atomic mass is 32.2. The van der Waals surface area contributed by atoms with E-state index in [4.69, 9.17) is 9.15 Å².